The summed E-state index contributed by atoms with van der Waals surface area (Å²) >= 11 is 0. The Morgan fingerprint density at radius 2 is 1.96 bits per heavy atom. The predicted molar refractivity (Wildman–Crippen MR) is 89.9 cm³/mol. The molecular formula is C20H29FO3. The van der Waals surface area contributed by atoms with Crippen LogP contribution < -0.4 is 0 Å². The summed E-state index contributed by atoms with van der Waals surface area (Å²) in [7, 11) is 0. The maximum atomic E-state index is 12.7. The van der Waals surface area contributed by atoms with Crippen LogP contribution in [0.25, 0.3) is 0 Å². The lowest BCUT2D eigenvalue weighted by molar-refractivity contribution is -0.107. The van der Waals surface area contributed by atoms with E-state index >= 15 is 0 Å². The SMILES string of the molecule is C[C@]12CC[C@H]3C(=CC=C4C[C@@H](O)[C@H](OCF)C[C@@]43C)[C@@H]1CC[C@@H]2O. The summed E-state index contributed by atoms with van der Waals surface area (Å²) in [6.07, 6.45) is 8.54. The normalized spacial score (nSPS) is 50.5. The van der Waals surface area contributed by atoms with Gasteiger partial charge in [-0.05, 0) is 55.8 Å². The molecule has 24 heavy (non-hydrogen) atoms. The van der Waals surface area contributed by atoms with Gasteiger partial charge in [0.1, 0.15) is 0 Å². The molecule has 7 atom stereocenters. The molecule has 2 N–H and O–H groups in total. The first-order valence-electron chi connectivity index (χ1n) is 9.35. The molecule has 0 unspecified atom stereocenters. The summed E-state index contributed by atoms with van der Waals surface area (Å²) in [4.78, 5) is 0. The van der Waals surface area contributed by atoms with Crippen molar-refractivity contribution >= 4 is 0 Å². The van der Waals surface area contributed by atoms with Gasteiger partial charge in [0.05, 0.1) is 18.3 Å². The molecule has 0 amide bonds. The zero-order valence-corrected chi connectivity index (χ0v) is 14.7. The number of hydrogen-bond donors (Lipinski definition) is 2. The minimum Gasteiger partial charge on any atom is -0.393 e. The van der Waals surface area contributed by atoms with Gasteiger partial charge >= 0.3 is 0 Å². The zero-order chi connectivity index (χ0) is 17.1. The van der Waals surface area contributed by atoms with Gasteiger partial charge in [0.2, 0.25) is 0 Å². The summed E-state index contributed by atoms with van der Waals surface area (Å²) in [6.45, 7) is 3.68. The van der Waals surface area contributed by atoms with Gasteiger partial charge in [0, 0.05) is 5.41 Å². The molecule has 0 aromatic heterocycles. The molecule has 0 aromatic rings. The third-order valence-electron chi connectivity index (χ3n) is 7.80. The number of aliphatic hydroxyl groups excluding tert-OH is 2. The molecule has 0 aliphatic heterocycles. The van der Waals surface area contributed by atoms with Crippen LogP contribution >= 0.6 is 0 Å². The lowest BCUT2D eigenvalue weighted by Gasteiger charge is -2.55. The quantitative estimate of drug-likeness (QED) is 0.811. The van der Waals surface area contributed by atoms with Gasteiger partial charge in [-0.25, -0.2) is 4.39 Å². The van der Waals surface area contributed by atoms with E-state index in [1.165, 1.54) is 11.1 Å². The number of rotatable bonds is 2. The Kier molecular flexibility index (Phi) is 3.94. The highest BCUT2D eigenvalue weighted by atomic mass is 19.1. The number of fused-ring (bicyclic) bond motifs is 5. The standard InChI is InChI=1S/C20H29FO3/c1-19-8-7-15-13(14(19)5-6-18(19)23)4-3-12-9-16(22)17(24-11-21)10-20(12,15)2/h3-4,14-18,22-23H,5-11H2,1-2H3/t14-,15-,16+,17+,18-,19-,20-/m0/s1. The van der Waals surface area contributed by atoms with E-state index in [4.69, 9.17) is 4.74 Å². The second-order valence-corrected chi connectivity index (χ2v) is 8.81. The van der Waals surface area contributed by atoms with Gasteiger partial charge in [-0.3, -0.25) is 0 Å². The monoisotopic (exact) mass is 336 g/mol. The number of halogens is 1. The summed E-state index contributed by atoms with van der Waals surface area (Å²) in [6, 6.07) is 0. The molecule has 3 nitrogen and oxygen atoms in total. The molecule has 4 rings (SSSR count). The van der Waals surface area contributed by atoms with Crippen LogP contribution in [0.2, 0.25) is 0 Å². The van der Waals surface area contributed by atoms with Crippen LogP contribution in [0.5, 0.6) is 0 Å². The highest BCUT2D eigenvalue weighted by Crippen LogP contribution is 2.63. The van der Waals surface area contributed by atoms with Crippen molar-refractivity contribution in [3.05, 3.63) is 23.3 Å². The Balaban J connectivity index is 1.68. The molecule has 4 aliphatic rings. The van der Waals surface area contributed by atoms with E-state index in [1.54, 1.807) is 0 Å². The van der Waals surface area contributed by atoms with Crippen molar-refractivity contribution in [2.75, 3.05) is 6.86 Å². The molecule has 0 saturated heterocycles. The van der Waals surface area contributed by atoms with Crippen LogP contribution in [-0.2, 0) is 4.74 Å². The van der Waals surface area contributed by atoms with E-state index in [1.807, 2.05) is 0 Å². The summed E-state index contributed by atoms with van der Waals surface area (Å²) in [5.41, 5.74) is 2.71. The Morgan fingerprint density at radius 3 is 2.71 bits per heavy atom. The third kappa shape index (κ3) is 2.19. The lowest BCUT2D eigenvalue weighted by Crippen LogP contribution is -2.50. The van der Waals surface area contributed by atoms with Gasteiger partial charge in [0.15, 0.2) is 6.86 Å². The van der Waals surface area contributed by atoms with E-state index in [0.29, 0.717) is 24.7 Å². The topological polar surface area (TPSA) is 49.7 Å². The molecule has 134 valence electrons. The number of allylic oxidation sites excluding steroid dienone is 3. The van der Waals surface area contributed by atoms with Crippen molar-refractivity contribution in [2.45, 2.75) is 70.7 Å². The number of alkyl halides is 1. The highest BCUT2D eigenvalue weighted by Gasteiger charge is 2.57. The van der Waals surface area contributed by atoms with Gasteiger partial charge in [-0.1, -0.05) is 37.1 Å². The minimum absolute atomic E-state index is 0.00700. The van der Waals surface area contributed by atoms with E-state index < -0.39 is 19.1 Å². The van der Waals surface area contributed by atoms with Crippen LogP contribution in [0.15, 0.2) is 23.3 Å². The maximum absolute atomic E-state index is 12.7. The highest BCUT2D eigenvalue weighted by molar-refractivity contribution is 5.39. The summed E-state index contributed by atoms with van der Waals surface area (Å²) < 4.78 is 17.9. The largest absolute Gasteiger partial charge is 0.393 e. The van der Waals surface area contributed by atoms with Crippen molar-refractivity contribution in [1.82, 2.24) is 0 Å². The number of ether oxygens (including phenoxy) is 1. The van der Waals surface area contributed by atoms with Crippen molar-refractivity contribution in [3.8, 4) is 0 Å². The van der Waals surface area contributed by atoms with Crippen molar-refractivity contribution in [1.29, 1.82) is 0 Å². The molecule has 0 bridgehead atoms. The van der Waals surface area contributed by atoms with Gasteiger partial charge in [-0.15, -0.1) is 0 Å². The zero-order valence-electron chi connectivity index (χ0n) is 14.7. The summed E-state index contributed by atoms with van der Waals surface area (Å²) in [5, 5.41) is 20.8. The van der Waals surface area contributed by atoms with Crippen LogP contribution in [-0.4, -0.2) is 35.4 Å². The van der Waals surface area contributed by atoms with E-state index in [2.05, 4.69) is 26.0 Å². The molecule has 4 heteroatoms. The first-order valence-corrected chi connectivity index (χ1v) is 9.35. The Labute approximate surface area is 143 Å². The third-order valence-corrected chi connectivity index (χ3v) is 7.80. The fourth-order valence-corrected chi connectivity index (χ4v) is 6.24. The molecule has 0 heterocycles. The van der Waals surface area contributed by atoms with E-state index in [9.17, 15) is 14.6 Å². The average molecular weight is 336 g/mol. The Bertz CT molecular complexity index is 585. The van der Waals surface area contributed by atoms with Crippen molar-refractivity contribution in [3.63, 3.8) is 0 Å². The van der Waals surface area contributed by atoms with Gasteiger partial charge < -0.3 is 14.9 Å². The molecule has 0 spiro atoms. The number of hydrogen-bond acceptors (Lipinski definition) is 3. The maximum Gasteiger partial charge on any atom is 0.188 e. The Morgan fingerprint density at radius 1 is 1.17 bits per heavy atom. The average Bonchev–Trinajstić information content (AvgIpc) is 2.85. The second-order valence-electron chi connectivity index (χ2n) is 8.81. The molecule has 3 fully saturated rings. The molecule has 3 saturated carbocycles. The fraction of sp³-hybridized carbons (Fsp3) is 0.800. The predicted octanol–water partition coefficient (Wildman–Crippen LogP) is 3.51. The Hall–Kier alpha value is -0.710. The molecule has 4 aliphatic carbocycles. The van der Waals surface area contributed by atoms with Gasteiger partial charge in [-0.2, -0.15) is 0 Å². The van der Waals surface area contributed by atoms with Crippen LogP contribution in [0.4, 0.5) is 4.39 Å². The first kappa shape index (κ1) is 16.7. The van der Waals surface area contributed by atoms with Crippen LogP contribution in [0, 0.1) is 22.7 Å². The van der Waals surface area contributed by atoms with Crippen molar-refractivity contribution < 1.29 is 19.3 Å². The second kappa shape index (κ2) is 5.65. The van der Waals surface area contributed by atoms with Crippen LogP contribution in [0.3, 0.4) is 0 Å². The molecule has 0 radical (unpaired) electrons. The number of aliphatic hydroxyl groups is 2. The van der Waals surface area contributed by atoms with Gasteiger partial charge in [0.25, 0.3) is 0 Å². The van der Waals surface area contributed by atoms with E-state index in [-0.39, 0.29) is 16.9 Å². The van der Waals surface area contributed by atoms with Crippen LogP contribution in [0.1, 0.15) is 52.4 Å². The smallest absolute Gasteiger partial charge is 0.188 e. The summed E-state index contributed by atoms with van der Waals surface area (Å²) in [5.74, 6) is 0.882. The first-order chi connectivity index (χ1) is 11.4. The lowest BCUT2D eigenvalue weighted by atomic mass is 9.51. The minimum atomic E-state index is -0.836. The fourth-order valence-electron chi connectivity index (χ4n) is 6.24. The molecule has 0 aromatic carbocycles. The molecular weight excluding hydrogens is 307 g/mol. The van der Waals surface area contributed by atoms with E-state index in [0.717, 1.165) is 25.7 Å². The van der Waals surface area contributed by atoms with Crippen molar-refractivity contribution in [2.24, 2.45) is 22.7 Å².